The van der Waals surface area contributed by atoms with Crippen molar-refractivity contribution in [1.29, 1.82) is 0 Å². The van der Waals surface area contributed by atoms with E-state index in [2.05, 4.69) is 32.5 Å². The van der Waals surface area contributed by atoms with Crippen molar-refractivity contribution < 1.29 is 4.21 Å². The molecular weight excluding hydrogens is 282 g/mol. The van der Waals surface area contributed by atoms with Gasteiger partial charge in [0.15, 0.2) is 0 Å². The Morgan fingerprint density at radius 3 is 2.71 bits per heavy atom. The van der Waals surface area contributed by atoms with Gasteiger partial charge in [-0.25, -0.2) is 13.9 Å². The first-order valence-corrected chi connectivity index (χ1v) is 8.66. The van der Waals surface area contributed by atoms with Crippen LogP contribution in [0.3, 0.4) is 0 Å². The second-order valence-electron chi connectivity index (χ2n) is 6.85. The van der Waals surface area contributed by atoms with Crippen molar-refractivity contribution in [2.45, 2.75) is 57.4 Å². The van der Waals surface area contributed by atoms with Gasteiger partial charge in [0.25, 0.3) is 0 Å². The zero-order chi connectivity index (χ0) is 15.2. The number of fused-ring (bicyclic) bond motifs is 1. The Morgan fingerprint density at radius 2 is 2.10 bits per heavy atom. The van der Waals surface area contributed by atoms with Crippen LogP contribution in [0.5, 0.6) is 0 Å². The first-order chi connectivity index (χ1) is 9.86. The van der Waals surface area contributed by atoms with E-state index >= 15 is 0 Å². The second kappa shape index (κ2) is 5.21. The maximum Gasteiger partial charge on any atom is 0.0975 e. The molecule has 1 N–H and O–H groups in total. The monoisotopic (exact) mass is 305 g/mol. The molecule has 1 fully saturated rings. The molecule has 21 heavy (non-hydrogen) atoms. The molecule has 0 amide bonds. The molecule has 0 bridgehead atoms. The minimum absolute atomic E-state index is 0.0422. The lowest BCUT2D eigenvalue weighted by molar-refractivity contribution is 0.616. The number of nitrogens with zero attached hydrogens (tertiary/aromatic N) is 2. The van der Waals surface area contributed by atoms with Gasteiger partial charge in [0, 0.05) is 12.1 Å². The van der Waals surface area contributed by atoms with Crippen molar-refractivity contribution in [3.05, 3.63) is 30.1 Å². The summed E-state index contributed by atoms with van der Waals surface area (Å²) in [5, 5.41) is 0. The lowest BCUT2D eigenvalue weighted by atomic mass is 10.1. The summed E-state index contributed by atoms with van der Waals surface area (Å²) in [4.78, 5) is 4.51. The summed E-state index contributed by atoms with van der Waals surface area (Å²) in [7, 11) is -1.07. The van der Waals surface area contributed by atoms with E-state index < -0.39 is 11.0 Å². The predicted molar refractivity (Wildman–Crippen MR) is 87.5 cm³/mol. The second-order valence-corrected chi connectivity index (χ2v) is 8.85. The molecule has 0 saturated heterocycles. The molecular formula is C16H23N3OS. The third kappa shape index (κ3) is 3.04. The van der Waals surface area contributed by atoms with Crippen molar-refractivity contribution in [1.82, 2.24) is 14.3 Å². The fourth-order valence-electron chi connectivity index (χ4n) is 2.37. The highest BCUT2D eigenvalue weighted by molar-refractivity contribution is 7.84. The molecule has 0 unspecified atom stereocenters. The minimum atomic E-state index is -1.07. The van der Waals surface area contributed by atoms with Gasteiger partial charge in [-0.1, -0.05) is 6.07 Å². The van der Waals surface area contributed by atoms with E-state index in [1.165, 1.54) is 18.4 Å². The van der Waals surface area contributed by atoms with E-state index in [1.807, 2.05) is 34.0 Å². The molecule has 1 aromatic heterocycles. The molecule has 1 aromatic carbocycles. The Labute approximate surface area is 128 Å². The Bertz CT molecular complexity index is 682. The summed E-state index contributed by atoms with van der Waals surface area (Å²) < 4.78 is 17.4. The largest absolute Gasteiger partial charge is 0.327 e. The number of hydrogen-bond donors (Lipinski definition) is 1. The summed E-state index contributed by atoms with van der Waals surface area (Å²) in [5.74, 6) is 0. The summed E-state index contributed by atoms with van der Waals surface area (Å²) in [6.07, 6.45) is 4.46. The van der Waals surface area contributed by atoms with E-state index in [9.17, 15) is 4.21 Å². The van der Waals surface area contributed by atoms with Crippen LogP contribution in [0.15, 0.2) is 24.5 Å². The van der Waals surface area contributed by atoms with Crippen molar-refractivity contribution in [2.24, 2.45) is 0 Å². The van der Waals surface area contributed by atoms with Gasteiger partial charge in [0.1, 0.15) is 0 Å². The molecule has 4 nitrogen and oxygen atoms in total. The number of nitrogens with one attached hydrogen (secondary N) is 1. The highest BCUT2D eigenvalue weighted by Gasteiger charge is 2.25. The third-order valence-electron chi connectivity index (χ3n) is 3.88. The number of hydrogen-bond acceptors (Lipinski definition) is 2. The van der Waals surface area contributed by atoms with Crippen LogP contribution < -0.4 is 4.72 Å². The van der Waals surface area contributed by atoms with Crippen LogP contribution in [0.4, 0.5) is 0 Å². The molecule has 1 saturated carbocycles. The van der Waals surface area contributed by atoms with Crippen LogP contribution in [0.2, 0.25) is 0 Å². The molecule has 0 spiro atoms. The third-order valence-corrected chi connectivity index (χ3v) is 5.56. The van der Waals surface area contributed by atoms with Crippen molar-refractivity contribution >= 4 is 22.0 Å². The summed E-state index contributed by atoms with van der Waals surface area (Å²) in [6, 6.07) is 7.03. The Hall–Kier alpha value is -1.20. The smallest absolute Gasteiger partial charge is 0.0975 e. The lowest BCUT2D eigenvalue weighted by Gasteiger charge is -2.22. The molecule has 3 rings (SSSR count). The van der Waals surface area contributed by atoms with Gasteiger partial charge in [0.05, 0.1) is 33.1 Å². The maximum atomic E-state index is 12.2. The van der Waals surface area contributed by atoms with Gasteiger partial charge in [-0.2, -0.15) is 0 Å². The van der Waals surface area contributed by atoms with Crippen LogP contribution in [0.25, 0.3) is 11.0 Å². The zero-order valence-electron chi connectivity index (χ0n) is 13.1. The summed E-state index contributed by atoms with van der Waals surface area (Å²) in [6.45, 7) is 7.97. The molecule has 5 heteroatoms. The first-order valence-electron chi connectivity index (χ1n) is 7.51. The van der Waals surface area contributed by atoms with Gasteiger partial charge in [0.2, 0.25) is 0 Å². The van der Waals surface area contributed by atoms with Gasteiger partial charge in [-0.05, 0) is 58.2 Å². The highest BCUT2D eigenvalue weighted by Crippen LogP contribution is 2.37. The predicted octanol–water partition coefficient (Wildman–Crippen LogP) is 3.48. The standard InChI is InChI=1S/C16H23N3OS/c1-11(18-21(20)16(2,3)4)12-5-8-15-14(9-12)17-10-19(15)13-6-7-13/h5,8-11,13,18H,6-7H2,1-4H3/t11-,21-/m0/s1. The molecule has 0 aliphatic heterocycles. The lowest BCUT2D eigenvalue weighted by Crippen LogP contribution is -2.34. The quantitative estimate of drug-likeness (QED) is 0.940. The number of imidazole rings is 1. The number of aromatic nitrogens is 2. The van der Waals surface area contributed by atoms with Gasteiger partial charge in [-0.15, -0.1) is 0 Å². The van der Waals surface area contributed by atoms with Gasteiger partial charge < -0.3 is 4.57 Å². The fourth-order valence-corrected chi connectivity index (χ4v) is 3.18. The SMILES string of the molecule is C[C@H](N[S@@](=O)C(C)(C)C)c1ccc2c(c1)ncn2C1CC1. The van der Waals surface area contributed by atoms with Crippen LogP contribution in [-0.4, -0.2) is 18.5 Å². The van der Waals surface area contributed by atoms with Crippen molar-refractivity contribution in [2.75, 3.05) is 0 Å². The van der Waals surface area contributed by atoms with E-state index in [-0.39, 0.29) is 10.8 Å². The van der Waals surface area contributed by atoms with Crippen molar-refractivity contribution in [3.63, 3.8) is 0 Å². The first kappa shape index (κ1) is 14.7. The summed E-state index contributed by atoms with van der Waals surface area (Å²) in [5.41, 5.74) is 3.35. The van der Waals surface area contributed by atoms with Crippen LogP contribution in [0, 0.1) is 0 Å². The van der Waals surface area contributed by atoms with Crippen LogP contribution in [0.1, 0.15) is 58.2 Å². The number of benzene rings is 1. The van der Waals surface area contributed by atoms with Gasteiger partial charge in [-0.3, -0.25) is 0 Å². The Balaban J connectivity index is 1.82. The fraction of sp³-hybridized carbons (Fsp3) is 0.562. The Morgan fingerprint density at radius 1 is 1.38 bits per heavy atom. The molecule has 114 valence electrons. The van der Waals surface area contributed by atoms with Crippen LogP contribution in [-0.2, 0) is 11.0 Å². The number of rotatable bonds is 4. The average molecular weight is 305 g/mol. The van der Waals surface area contributed by atoms with Crippen LogP contribution >= 0.6 is 0 Å². The zero-order valence-corrected chi connectivity index (χ0v) is 13.9. The van der Waals surface area contributed by atoms with E-state index in [0.29, 0.717) is 6.04 Å². The van der Waals surface area contributed by atoms with Gasteiger partial charge >= 0.3 is 0 Å². The molecule has 1 heterocycles. The van der Waals surface area contributed by atoms with E-state index in [4.69, 9.17) is 0 Å². The molecule has 1 aliphatic rings. The normalized spacial score (nSPS) is 18.9. The topological polar surface area (TPSA) is 46.9 Å². The molecule has 2 aromatic rings. The minimum Gasteiger partial charge on any atom is -0.327 e. The van der Waals surface area contributed by atoms with E-state index in [0.717, 1.165) is 11.1 Å². The average Bonchev–Trinajstić information content (AvgIpc) is 3.17. The highest BCUT2D eigenvalue weighted by atomic mass is 32.2. The molecule has 2 atom stereocenters. The Kier molecular flexibility index (Phi) is 3.66. The molecule has 1 aliphatic carbocycles. The maximum absolute atomic E-state index is 12.2. The summed E-state index contributed by atoms with van der Waals surface area (Å²) >= 11 is 0. The van der Waals surface area contributed by atoms with E-state index in [1.54, 1.807) is 0 Å². The molecule has 0 radical (unpaired) electrons. The van der Waals surface area contributed by atoms with Crippen molar-refractivity contribution in [3.8, 4) is 0 Å².